The Bertz CT molecular complexity index is 1020. The van der Waals surface area contributed by atoms with Gasteiger partial charge in [0, 0.05) is 10.9 Å². The van der Waals surface area contributed by atoms with Crippen molar-refractivity contribution in [1.29, 1.82) is 0 Å². The molecule has 4 aromatic rings. The lowest BCUT2D eigenvalue weighted by Crippen LogP contribution is -1.98. The molecule has 0 bridgehead atoms. The SMILES string of the molecule is CCc1c(-c2ccccc2)nc2ccc(C)cc2c1-c1ccccc1. The topological polar surface area (TPSA) is 12.9 Å². The summed E-state index contributed by atoms with van der Waals surface area (Å²) in [4.78, 5) is 5.04. The standard InChI is InChI=1S/C24H21N/c1-3-20-23(18-10-6-4-7-11-18)21-16-17(2)14-15-22(21)25-24(20)19-12-8-5-9-13-19/h4-16H,3H2,1-2H3. The molecular weight excluding hydrogens is 302 g/mol. The summed E-state index contributed by atoms with van der Waals surface area (Å²) in [6.07, 6.45) is 0.950. The molecule has 0 spiro atoms. The van der Waals surface area contributed by atoms with E-state index < -0.39 is 0 Å². The molecule has 0 amide bonds. The van der Waals surface area contributed by atoms with E-state index in [9.17, 15) is 0 Å². The van der Waals surface area contributed by atoms with Gasteiger partial charge in [-0.25, -0.2) is 4.98 Å². The van der Waals surface area contributed by atoms with Gasteiger partial charge in [-0.1, -0.05) is 79.2 Å². The van der Waals surface area contributed by atoms with Crippen LogP contribution in [0.4, 0.5) is 0 Å². The van der Waals surface area contributed by atoms with Crippen LogP contribution in [0.25, 0.3) is 33.3 Å². The number of benzene rings is 3. The minimum absolute atomic E-state index is 0.950. The second kappa shape index (κ2) is 6.52. The molecule has 4 rings (SSSR count). The predicted molar refractivity (Wildman–Crippen MR) is 107 cm³/mol. The van der Waals surface area contributed by atoms with E-state index in [-0.39, 0.29) is 0 Å². The summed E-state index contributed by atoms with van der Waals surface area (Å²) in [6, 6.07) is 27.8. The van der Waals surface area contributed by atoms with Crippen molar-refractivity contribution in [2.45, 2.75) is 20.3 Å². The number of aryl methyl sites for hydroxylation is 1. The molecule has 0 N–H and O–H groups in total. The van der Waals surface area contributed by atoms with Gasteiger partial charge in [-0.2, -0.15) is 0 Å². The van der Waals surface area contributed by atoms with Crippen LogP contribution >= 0.6 is 0 Å². The third-order valence-corrected chi connectivity index (χ3v) is 4.70. The van der Waals surface area contributed by atoms with Crippen LogP contribution in [0.1, 0.15) is 18.1 Å². The van der Waals surface area contributed by atoms with Gasteiger partial charge in [0.25, 0.3) is 0 Å². The number of rotatable bonds is 3. The molecular formula is C24H21N. The fourth-order valence-electron chi connectivity index (χ4n) is 3.53. The van der Waals surface area contributed by atoms with Crippen LogP contribution in [0.15, 0.2) is 78.9 Å². The monoisotopic (exact) mass is 323 g/mol. The fourth-order valence-corrected chi connectivity index (χ4v) is 3.53. The van der Waals surface area contributed by atoms with Crippen LogP contribution in [0.3, 0.4) is 0 Å². The van der Waals surface area contributed by atoms with Crippen molar-refractivity contribution in [2.24, 2.45) is 0 Å². The van der Waals surface area contributed by atoms with Crippen LogP contribution in [0, 0.1) is 6.92 Å². The quantitative estimate of drug-likeness (QED) is 0.423. The maximum atomic E-state index is 5.04. The van der Waals surface area contributed by atoms with E-state index >= 15 is 0 Å². The highest BCUT2D eigenvalue weighted by Gasteiger charge is 2.16. The zero-order valence-corrected chi connectivity index (χ0v) is 14.7. The molecule has 0 aliphatic carbocycles. The molecule has 0 atom stereocenters. The maximum absolute atomic E-state index is 5.04. The molecule has 0 unspecified atom stereocenters. The molecule has 0 aliphatic heterocycles. The summed E-state index contributed by atoms with van der Waals surface area (Å²) < 4.78 is 0. The first-order chi connectivity index (χ1) is 12.3. The second-order valence-electron chi connectivity index (χ2n) is 6.42. The summed E-state index contributed by atoms with van der Waals surface area (Å²) in [6.45, 7) is 4.36. The van der Waals surface area contributed by atoms with Crippen molar-refractivity contribution in [1.82, 2.24) is 4.98 Å². The number of hydrogen-bond acceptors (Lipinski definition) is 1. The third-order valence-electron chi connectivity index (χ3n) is 4.70. The van der Waals surface area contributed by atoms with Gasteiger partial charge >= 0.3 is 0 Å². The highest BCUT2D eigenvalue weighted by molar-refractivity contribution is 5.99. The summed E-state index contributed by atoms with van der Waals surface area (Å²) in [7, 11) is 0. The molecule has 0 saturated heterocycles. The van der Waals surface area contributed by atoms with E-state index in [1.54, 1.807) is 0 Å². The van der Waals surface area contributed by atoms with Crippen LogP contribution < -0.4 is 0 Å². The van der Waals surface area contributed by atoms with Crippen molar-refractivity contribution >= 4 is 10.9 Å². The average molecular weight is 323 g/mol. The molecule has 1 heterocycles. The van der Waals surface area contributed by atoms with Crippen LogP contribution in [-0.4, -0.2) is 4.98 Å². The largest absolute Gasteiger partial charge is 0.247 e. The van der Waals surface area contributed by atoms with E-state index in [1.165, 1.54) is 33.2 Å². The van der Waals surface area contributed by atoms with Gasteiger partial charge in [0.05, 0.1) is 11.2 Å². The van der Waals surface area contributed by atoms with E-state index in [0.717, 1.165) is 17.6 Å². The Labute approximate surface area is 149 Å². The average Bonchev–Trinajstić information content (AvgIpc) is 2.68. The van der Waals surface area contributed by atoms with Crippen molar-refractivity contribution in [3.63, 3.8) is 0 Å². The molecule has 0 aliphatic rings. The molecule has 0 saturated carbocycles. The van der Waals surface area contributed by atoms with Gasteiger partial charge in [0.1, 0.15) is 0 Å². The highest BCUT2D eigenvalue weighted by Crippen LogP contribution is 2.37. The summed E-state index contributed by atoms with van der Waals surface area (Å²) in [5.74, 6) is 0. The lowest BCUT2D eigenvalue weighted by molar-refractivity contribution is 1.13. The van der Waals surface area contributed by atoms with E-state index in [0.29, 0.717) is 0 Å². The highest BCUT2D eigenvalue weighted by atomic mass is 14.7. The minimum Gasteiger partial charge on any atom is -0.247 e. The van der Waals surface area contributed by atoms with Gasteiger partial charge in [0.2, 0.25) is 0 Å². The Morgan fingerprint density at radius 1 is 0.760 bits per heavy atom. The lowest BCUT2D eigenvalue weighted by Gasteiger charge is -2.17. The first-order valence-corrected chi connectivity index (χ1v) is 8.82. The molecule has 3 aromatic carbocycles. The third kappa shape index (κ3) is 2.83. The zero-order valence-electron chi connectivity index (χ0n) is 14.7. The van der Waals surface area contributed by atoms with E-state index in [4.69, 9.17) is 4.98 Å². The van der Waals surface area contributed by atoms with Crippen LogP contribution in [-0.2, 0) is 6.42 Å². The first-order valence-electron chi connectivity index (χ1n) is 8.82. The molecule has 1 aromatic heterocycles. The molecule has 25 heavy (non-hydrogen) atoms. The zero-order chi connectivity index (χ0) is 17.2. The first kappa shape index (κ1) is 15.6. The normalized spacial score (nSPS) is 11.0. The lowest BCUT2D eigenvalue weighted by atomic mass is 9.90. The molecule has 122 valence electrons. The summed E-state index contributed by atoms with van der Waals surface area (Å²) in [5, 5.41) is 1.24. The van der Waals surface area contributed by atoms with Gasteiger partial charge in [-0.05, 0) is 42.2 Å². The van der Waals surface area contributed by atoms with Crippen molar-refractivity contribution in [2.75, 3.05) is 0 Å². The van der Waals surface area contributed by atoms with Crippen molar-refractivity contribution in [3.05, 3.63) is 90.0 Å². The number of fused-ring (bicyclic) bond motifs is 1. The maximum Gasteiger partial charge on any atom is 0.0747 e. The predicted octanol–water partition coefficient (Wildman–Crippen LogP) is 6.44. The Kier molecular flexibility index (Phi) is 4.07. The number of aromatic nitrogens is 1. The smallest absolute Gasteiger partial charge is 0.0747 e. The molecule has 0 fully saturated rings. The Morgan fingerprint density at radius 2 is 1.40 bits per heavy atom. The Morgan fingerprint density at radius 3 is 2.04 bits per heavy atom. The molecule has 1 heteroatoms. The van der Waals surface area contributed by atoms with Gasteiger partial charge in [-0.15, -0.1) is 0 Å². The van der Waals surface area contributed by atoms with E-state index in [2.05, 4.69) is 92.7 Å². The van der Waals surface area contributed by atoms with Crippen molar-refractivity contribution < 1.29 is 0 Å². The fraction of sp³-hybridized carbons (Fsp3) is 0.125. The Balaban J connectivity index is 2.14. The number of nitrogens with zero attached hydrogens (tertiary/aromatic N) is 1. The van der Waals surface area contributed by atoms with Gasteiger partial charge in [0.15, 0.2) is 0 Å². The molecule has 1 nitrogen and oxygen atoms in total. The second-order valence-corrected chi connectivity index (χ2v) is 6.42. The van der Waals surface area contributed by atoms with Crippen LogP contribution in [0.2, 0.25) is 0 Å². The minimum atomic E-state index is 0.950. The number of pyridine rings is 1. The van der Waals surface area contributed by atoms with Crippen LogP contribution in [0.5, 0.6) is 0 Å². The van der Waals surface area contributed by atoms with Gasteiger partial charge < -0.3 is 0 Å². The van der Waals surface area contributed by atoms with E-state index in [1.807, 2.05) is 0 Å². The van der Waals surface area contributed by atoms with Gasteiger partial charge in [-0.3, -0.25) is 0 Å². The van der Waals surface area contributed by atoms with Crippen molar-refractivity contribution in [3.8, 4) is 22.4 Å². The summed E-state index contributed by atoms with van der Waals surface area (Å²) in [5.41, 5.74) is 8.49. The number of hydrogen-bond donors (Lipinski definition) is 0. The Hall–Kier alpha value is -2.93. The molecule has 0 radical (unpaired) electrons. The summed E-state index contributed by atoms with van der Waals surface area (Å²) >= 11 is 0.